The van der Waals surface area contributed by atoms with Gasteiger partial charge in [0, 0.05) is 12.8 Å². The molecule has 0 aliphatic heterocycles. The lowest BCUT2D eigenvalue weighted by Crippen LogP contribution is -2.47. The van der Waals surface area contributed by atoms with Crippen molar-refractivity contribution in [2.45, 2.75) is 251 Å². The Morgan fingerprint density at radius 1 is 0.507 bits per heavy atom. The van der Waals surface area contributed by atoms with Gasteiger partial charge in [0.25, 0.3) is 0 Å². The Bertz CT molecular complexity index is 1420. The van der Waals surface area contributed by atoms with Crippen LogP contribution in [0, 0.1) is 0 Å². The van der Waals surface area contributed by atoms with Crippen LogP contribution in [-0.4, -0.2) is 74.3 Å². The minimum absolute atomic E-state index is 0.0272. The lowest BCUT2D eigenvalue weighted by Gasteiger charge is -2.27. The van der Waals surface area contributed by atoms with Crippen LogP contribution in [0.1, 0.15) is 239 Å². The Balaban J connectivity index is 5.44. The van der Waals surface area contributed by atoms with Crippen molar-refractivity contribution in [3.05, 3.63) is 72.9 Å². The molecule has 0 rings (SSSR count). The third kappa shape index (κ3) is 50.2. The normalized spacial score (nSPS) is 14.4. The van der Waals surface area contributed by atoms with Crippen LogP contribution < -0.4 is 5.32 Å². The fraction of sp³-hybridized carbons (Fsp3) is 0.763. The summed E-state index contributed by atoms with van der Waals surface area (Å²) in [6.07, 6.45) is 61.9. The van der Waals surface area contributed by atoms with E-state index in [1.165, 1.54) is 122 Å². The van der Waals surface area contributed by atoms with E-state index in [1.807, 2.05) is 33.3 Å². The van der Waals surface area contributed by atoms with Crippen LogP contribution >= 0.6 is 7.82 Å². The van der Waals surface area contributed by atoms with Crippen LogP contribution in [0.4, 0.5) is 0 Å². The molecule has 3 unspecified atom stereocenters. The molecule has 2 N–H and O–H groups in total. The minimum Gasteiger partial charge on any atom is -0.456 e. The zero-order chi connectivity index (χ0) is 50.8. The zero-order valence-electron chi connectivity index (χ0n) is 45.5. The minimum atomic E-state index is -4.46. The van der Waals surface area contributed by atoms with E-state index in [0.29, 0.717) is 17.4 Å². The molecule has 400 valence electrons. The number of amides is 1. The molecule has 0 heterocycles. The Labute approximate surface area is 425 Å². The van der Waals surface area contributed by atoms with Crippen molar-refractivity contribution < 1.29 is 37.3 Å². The Hall–Kier alpha value is -2.55. The second-order valence-corrected chi connectivity index (χ2v) is 21.6. The molecule has 0 fully saturated rings. The predicted molar refractivity (Wildman–Crippen MR) is 295 cm³/mol. The lowest BCUT2D eigenvalue weighted by atomic mass is 10.1. The number of carbonyl (C=O) groups is 2. The molecule has 0 saturated carbocycles. The average Bonchev–Trinajstić information content (AvgIpc) is 3.31. The summed E-state index contributed by atoms with van der Waals surface area (Å²) in [5, 5.41) is 3.01. The third-order valence-electron chi connectivity index (χ3n) is 12.1. The number of hydrogen-bond acceptors (Lipinski definition) is 6. The summed E-state index contributed by atoms with van der Waals surface area (Å²) < 4.78 is 30.5. The summed E-state index contributed by atoms with van der Waals surface area (Å²) >= 11 is 0. The maximum absolute atomic E-state index is 13.5. The second-order valence-electron chi connectivity index (χ2n) is 20.1. The SMILES string of the molecule is CCCCC/C=C\C/C=C\C/C=C\C/C=C\CCCC(=O)NC(COP(=O)(O)OCC[N+](C)(C)C)C(/C=C/CCCCCCCCCCC)OC(=O)CCCCCCCCC/C=C\CCCCCC. The van der Waals surface area contributed by atoms with Crippen LogP contribution in [0.2, 0.25) is 0 Å². The zero-order valence-corrected chi connectivity index (χ0v) is 46.4. The number of hydrogen-bond donors (Lipinski definition) is 2. The van der Waals surface area contributed by atoms with Crippen LogP contribution in [0.25, 0.3) is 0 Å². The lowest BCUT2D eigenvalue weighted by molar-refractivity contribution is -0.870. The first-order valence-electron chi connectivity index (χ1n) is 28.3. The topological polar surface area (TPSA) is 111 Å². The molecule has 1 amide bonds. The summed E-state index contributed by atoms with van der Waals surface area (Å²) in [5.74, 6) is -0.578. The molecule has 0 aliphatic rings. The Morgan fingerprint density at radius 3 is 1.41 bits per heavy atom. The molecule has 0 aromatic heterocycles. The number of phosphoric acid groups is 1. The number of esters is 1. The molecule has 0 radical (unpaired) electrons. The third-order valence-corrected chi connectivity index (χ3v) is 13.1. The van der Waals surface area contributed by atoms with Crippen LogP contribution in [0.15, 0.2) is 72.9 Å². The molecule has 0 aromatic rings. The smallest absolute Gasteiger partial charge is 0.456 e. The quantitative estimate of drug-likeness (QED) is 0.0205. The highest BCUT2D eigenvalue weighted by Crippen LogP contribution is 2.43. The van der Waals surface area contributed by atoms with E-state index < -0.39 is 20.0 Å². The van der Waals surface area contributed by atoms with E-state index in [1.54, 1.807) is 0 Å². The number of nitrogens with zero attached hydrogens (tertiary/aromatic N) is 1. The average molecular weight is 988 g/mol. The number of quaternary nitrogens is 1. The van der Waals surface area contributed by atoms with Gasteiger partial charge in [-0.25, -0.2) is 4.57 Å². The number of unbranched alkanes of at least 4 members (excludes halogenated alkanes) is 24. The molecular formula is C59H108N2O7P+. The van der Waals surface area contributed by atoms with Gasteiger partial charge in [-0.15, -0.1) is 0 Å². The Morgan fingerprint density at radius 2 is 0.899 bits per heavy atom. The van der Waals surface area contributed by atoms with Gasteiger partial charge in [-0.05, 0) is 96.0 Å². The van der Waals surface area contributed by atoms with E-state index >= 15 is 0 Å². The fourth-order valence-electron chi connectivity index (χ4n) is 7.69. The summed E-state index contributed by atoms with van der Waals surface area (Å²) in [5.41, 5.74) is 0. The molecule has 10 heteroatoms. The van der Waals surface area contributed by atoms with E-state index in [0.717, 1.165) is 77.0 Å². The van der Waals surface area contributed by atoms with E-state index in [4.69, 9.17) is 13.8 Å². The number of allylic oxidation sites excluding steroid dienone is 11. The standard InChI is InChI=1S/C59H107N2O7P/c1-7-10-13-16-19-22-25-27-29-30-32-33-36-39-42-45-48-51-58(62)60-56(55-67-69(64,65)66-54-53-61(4,5)6)57(50-47-44-41-38-35-24-21-18-15-12-9-3)68-59(63)52-49-46-43-40-37-34-31-28-26-23-20-17-14-11-8-2/h19,22-23,26-27,29,32-33,39,42,47,50,56-57H,7-18,20-21,24-25,28,30-31,34-38,40-41,43-46,48-49,51-55H2,1-6H3,(H-,60,62,64,65)/p+1/b22-19-,26-23-,29-27-,33-32-,42-39-,50-47+. The van der Waals surface area contributed by atoms with Crippen LogP contribution in [-0.2, 0) is 27.9 Å². The maximum Gasteiger partial charge on any atom is 0.472 e. The Kier molecular flexibility index (Phi) is 47.2. The number of rotatable bonds is 50. The first kappa shape index (κ1) is 66.5. The second kappa shape index (κ2) is 49.0. The number of carbonyl (C=O) groups excluding carboxylic acids is 2. The highest BCUT2D eigenvalue weighted by atomic mass is 31.2. The van der Waals surface area contributed by atoms with Crippen molar-refractivity contribution in [3.8, 4) is 0 Å². The highest BCUT2D eigenvalue weighted by molar-refractivity contribution is 7.47. The summed E-state index contributed by atoms with van der Waals surface area (Å²) in [7, 11) is 1.45. The monoisotopic (exact) mass is 988 g/mol. The molecular weight excluding hydrogens is 880 g/mol. The van der Waals surface area contributed by atoms with Gasteiger partial charge >= 0.3 is 13.8 Å². The first-order valence-corrected chi connectivity index (χ1v) is 29.8. The van der Waals surface area contributed by atoms with Crippen molar-refractivity contribution in [2.24, 2.45) is 0 Å². The van der Waals surface area contributed by atoms with E-state index in [-0.39, 0.29) is 37.9 Å². The van der Waals surface area contributed by atoms with Gasteiger partial charge in [0.2, 0.25) is 5.91 Å². The summed E-state index contributed by atoms with van der Waals surface area (Å²) in [4.78, 5) is 37.5. The van der Waals surface area contributed by atoms with Crippen molar-refractivity contribution in [1.82, 2.24) is 5.32 Å². The largest absolute Gasteiger partial charge is 0.472 e. The summed E-state index contributed by atoms with van der Waals surface area (Å²) in [6.45, 7) is 6.91. The van der Waals surface area contributed by atoms with Crippen molar-refractivity contribution in [2.75, 3.05) is 40.9 Å². The number of likely N-dealkylation sites (N-methyl/N-ethyl adjacent to an activating group) is 1. The van der Waals surface area contributed by atoms with Crippen molar-refractivity contribution in [3.63, 3.8) is 0 Å². The molecule has 0 spiro atoms. The predicted octanol–water partition coefficient (Wildman–Crippen LogP) is 16.9. The van der Waals surface area contributed by atoms with Crippen molar-refractivity contribution in [1.29, 1.82) is 0 Å². The molecule has 0 bridgehead atoms. The number of nitrogens with one attached hydrogen (secondary N) is 1. The van der Waals surface area contributed by atoms with E-state index in [9.17, 15) is 19.0 Å². The molecule has 3 atom stereocenters. The maximum atomic E-state index is 13.5. The van der Waals surface area contributed by atoms with Crippen molar-refractivity contribution >= 4 is 19.7 Å². The molecule has 9 nitrogen and oxygen atoms in total. The fourth-order valence-corrected chi connectivity index (χ4v) is 8.43. The summed E-state index contributed by atoms with van der Waals surface area (Å²) in [6, 6.07) is -0.879. The van der Waals surface area contributed by atoms with Gasteiger partial charge in [0.05, 0.1) is 33.8 Å². The molecule has 0 aliphatic carbocycles. The van der Waals surface area contributed by atoms with E-state index in [2.05, 4.69) is 86.8 Å². The van der Waals surface area contributed by atoms with Gasteiger partial charge in [0.1, 0.15) is 19.3 Å². The number of ether oxygens (including phenoxy) is 1. The van der Waals surface area contributed by atoms with Gasteiger partial charge in [-0.1, -0.05) is 203 Å². The van der Waals surface area contributed by atoms with Crippen LogP contribution in [0.5, 0.6) is 0 Å². The molecule has 0 aromatic carbocycles. The van der Waals surface area contributed by atoms with Gasteiger partial charge in [0.15, 0.2) is 0 Å². The molecule has 69 heavy (non-hydrogen) atoms. The number of phosphoric ester groups is 1. The highest BCUT2D eigenvalue weighted by Gasteiger charge is 2.30. The van der Waals surface area contributed by atoms with Gasteiger partial charge in [-0.2, -0.15) is 0 Å². The van der Waals surface area contributed by atoms with Gasteiger partial charge < -0.3 is 19.4 Å². The van der Waals surface area contributed by atoms with Crippen LogP contribution in [0.3, 0.4) is 0 Å². The first-order chi connectivity index (χ1) is 33.4. The molecule has 0 saturated heterocycles. The van der Waals surface area contributed by atoms with Gasteiger partial charge in [-0.3, -0.25) is 18.6 Å².